The van der Waals surface area contributed by atoms with Crippen molar-refractivity contribution in [2.24, 2.45) is 5.92 Å². The number of nitriles is 1. The van der Waals surface area contributed by atoms with Gasteiger partial charge in [0.1, 0.15) is 17.5 Å². The van der Waals surface area contributed by atoms with Crippen LogP contribution in [0, 0.1) is 17.2 Å². The van der Waals surface area contributed by atoms with Crippen LogP contribution in [-0.4, -0.2) is 41.0 Å². The van der Waals surface area contributed by atoms with Crippen LogP contribution in [-0.2, 0) is 0 Å². The van der Waals surface area contributed by atoms with Gasteiger partial charge in [0.2, 0.25) is 5.88 Å². The molecule has 1 amide bonds. The molecule has 0 aliphatic carbocycles. The number of fused-ring (bicyclic) bond motifs is 3. The molecule has 1 N–H and O–H groups in total. The number of rotatable bonds is 4. The molecule has 6 nitrogen and oxygen atoms in total. The van der Waals surface area contributed by atoms with E-state index >= 15 is 0 Å². The quantitative estimate of drug-likeness (QED) is 0.905. The van der Waals surface area contributed by atoms with Crippen molar-refractivity contribution in [2.75, 3.05) is 13.1 Å². The van der Waals surface area contributed by atoms with Crippen LogP contribution in [0.1, 0.15) is 35.8 Å². The number of piperidine rings is 3. The van der Waals surface area contributed by atoms with Gasteiger partial charge in [0.25, 0.3) is 5.91 Å². The average molecular weight is 362 g/mol. The Morgan fingerprint density at radius 2 is 1.96 bits per heavy atom. The van der Waals surface area contributed by atoms with Crippen LogP contribution in [0.5, 0.6) is 11.6 Å². The van der Waals surface area contributed by atoms with Crippen LogP contribution in [0.15, 0.2) is 42.5 Å². The van der Waals surface area contributed by atoms with Crippen LogP contribution in [0.4, 0.5) is 0 Å². The fourth-order valence-electron chi connectivity index (χ4n) is 4.11. The summed E-state index contributed by atoms with van der Waals surface area (Å²) < 4.78 is 5.66. The summed E-state index contributed by atoms with van der Waals surface area (Å²) in [6.45, 7) is 4.49. The van der Waals surface area contributed by atoms with Crippen molar-refractivity contribution in [1.29, 1.82) is 5.26 Å². The van der Waals surface area contributed by atoms with E-state index in [9.17, 15) is 4.79 Å². The fourth-order valence-corrected chi connectivity index (χ4v) is 4.11. The summed E-state index contributed by atoms with van der Waals surface area (Å²) >= 11 is 0. The van der Waals surface area contributed by atoms with Crippen molar-refractivity contribution in [3.8, 4) is 17.7 Å². The molecule has 1 aromatic heterocycles. The first-order valence-corrected chi connectivity index (χ1v) is 9.34. The largest absolute Gasteiger partial charge is 0.439 e. The predicted octanol–water partition coefficient (Wildman–Crippen LogP) is 2.96. The lowest BCUT2D eigenvalue weighted by Crippen LogP contribution is -2.62. The maximum Gasteiger partial charge on any atom is 0.251 e. The topological polar surface area (TPSA) is 78.2 Å². The highest BCUT2D eigenvalue weighted by molar-refractivity contribution is 5.94. The van der Waals surface area contributed by atoms with E-state index in [0.717, 1.165) is 25.9 Å². The minimum atomic E-state index is -0.0447. The molecule has 0 radical (unpaired) electrons. The van der Waals surface area contributed by atoms with Crippen LogP contribution in [0.25, 0.3) is 0 Å². The number of nitrogens with one attached hydrogen (secondary N) is 1. The maximum atomic E-state index is 12.7. The number of nitrogens with zero attached hydrogens (tertiary/aromatic N) is 3. The zero-order valence-corrected chi connectivity index (χ0v) is 15.3. The third-order valence-corrected chi connectivity index (χ3v) is 5.65. The zero-order chi connectivity index (χ0) is 18.8. The first-order valence-electron chi connectivity index (χ1n) is 9.34. The molecule has 2 unspecified atom stereocenters. The number of carbonyl (C=O) groups excluding carboxylic acids is 1. The van der Waals surface area contributed by atoms with Gasteiger partial charge in [-0.3, -0.25) is 9.69 Å². The number of hydrogen-bond acceptors (Lipinski definition) is 5. The Balaban J connectivity index is 1.41. The van der Waals surface area contributed by atoms with Crippen LogP contribution < -0.4 is 10.1 Å². The number of carbonyl (C=O) groups is 1. The molecule has 138 valence electrons. The van der Waals surface area contributed by atoms with Crippen molar-refractivity contribution in [1.82, 2.24) is 15.2 Å². The molecule has 0 saturated carbocycles. The first-order chi connectivity index (χ1) is 13.1. The Bertz CT molecular complexity index is 864. The summed E-state index contributed by atoms with van der Waals surface area (Å²) in [5, 5.41) is 12.1. The molecular weight excluding hydrogens is 340 g/mol. The highest BCUT2D eigenvalue weighted by atomic mass is 16.5. The summed E-state index contributed by atoms with van der Waals surface area (Å²) in [6, 6.07) is 14.6. The van der Waals surface area contributed by atoms with Crippen molar-refractivity contribution in [3.63, 3.8) is 0 Å². The smallest absolute Gasteiger partial charge is 0.251 e. The molecule has 2 atom stereocenters. The van der Waals surface area contributed by atoms with E-state index in [-0.39, 0.29) is 11.9 Å². The SMILES string of the molecule is CC1C(NC(=O)c2ccc(Oc3cccc(C#N)n3)cc2)C2CCN1CC2. The van der Waals surface area contributed by atoms with E-state index in [2.05, 4.69) is 22.1 Å². The minimum absolute atomic E-state index is 0.0447. The summed E-state index contributed by atoms with van der Waals surface area (Å²) in [4.78, 5) is 19.2. The van der Waals surface area contributed by atoms with E-state index in [0.29, 0.717) is 34.8 Å². The highest BCUT2D eigenvalue weighted by Crippen LogP contribution is 2.32. The molecule has 4 heterocycles. The van der Waals surface area contributed by atoms with Gasteiger partial charge in [-0.2, -0.15) is 5.26 Å². The number of amides is 1. The zero-order valence-electron chi connectivity index (χ0n) is 15.3. The lowest BCUT2D eigenvalue weighted by Gasteiger charge is -2.49. The summed E-state index contributed by atoms with van der Waals surface area (Å²) in [6.07, 6.45) is 2.33. The molecule has 2 bridgehead atoms. The fraction of sp³-hybridized carbons (Fsp3) is 0.381. The van der Waals surface area contributed by atoms with Crippen molar-refractivity contribution in [2.45, 2.75) is 31.8 Å². The van der Waals surface area contributed by atoms with E-state index in [4.69, 9.17) is 10.00 Å². The second kappa shape index (κ2) is 7.37. The van der Waals surface area contributed by atoms with Gasteiger partial charge in [0.05, 0.1) is 0 Å². The highest BCUT2D eigenvalue weighted by Gasteiger charge is 2.40. The summed E-state index contributed by atoms with van der Waals surface area (Å²) in [7, 11) is 0. The Morgan fingerprint density at radius 3 is 2.63 bits per heavy atom. The van der Waals surface area contributed by atoms with E-state index in [1.165, 1.54) is 0 Å². The van der Waals surface area contributed by atoms with Gasteiger partial charge in [0.15, 0.2) is 0 Å². The number of benzene rings is 1. The van der Waals surface area contributed by atoms with Crippen molar-refractivity contribution >= 4 is 5.91 Å². The number of hydrogen-bond donors (Lipinski definition) is 1. The van der Waals surface area contributed by atoms with Crippen LogP contribution >= 0.6 is 0 Å². The van der Waals surface area contributed by atoms with Gasteiger partial charge < -0.3 is 10.1 Å². The molecule has 6 heteroatoms. The second-order valence-corrected chi connectivity index (χ2v) is 7.21. The molecule has 2 aromatic rings. The van der Waals surface area contributed by atoms with Gasteiger partial charge in [-0.25, -0.2) is 4.98 Å². The minimum Gasteiger partial charge on any atom is -0.439 e. The summed E-state index contributed by atoms with van der Waals surface area (Å²) in [5.41, 5.74) is 0.917. The average Bonchev–Trinajstić information content (AvgIpc) is 2.71. The number of ether oxygens (including phenoxy) is 1. The molecule has 3 saturated heterocycles. The third-order valence-electron chi connectivity index (χ3n) is 5.65. The standard InChI is InChI=1S/C21H22N4O2/c1-14-20(15-9-11-25(14)12-10-15)24-21(26)16-5-7-18(8-6-16)27-19-4-2-3-17(13-22)23-19/h2-8,14-15,20H,9-12H2,1H3,(H,24,26). The van der Waals surface area contributed by atoms with Crippen LogP contribution in [0.2, 0.25) is 0 Å². The normalized spacial score (nSPS) is 26.2. The maximum absolute atomic E-state index is 12.7. The van der Waals surface area contributed by atoms with Gasteiger partial charge in [-0.15, -0.1) is 0 Å². The molecule has 1 aromatic carbocycles. The first kappa shape index (κ1) is 17.5. The summed E-state index contributed by atoms with van der Waals surface area (Å²) in [5.74, 6) is 1.46. The van der Waals surface area contributed by atoms with Gasteiger partial charge in [-0.05, 0) is 69.1 Å². The van der Waals surface area contributed by atoms with Gasteiger partial charge >= 0.3 is 0 Å². The third kappa shape index (κ3) is 3.64. The molecular formula is C21H22N4O2. The lowest BCUT2D eigenvalue weighted by molar-refractivity contribution is 0.0217. The number of pyridine rings is 1. The predicted molar refractivity (Wildman–Crippen MR) is 100 cm³/mol. The van der Waals surface area contributed by atoms with Gasteiger partial charge in [0, 0.05) is 23.7 Å². The number of aromatic nitrogens is 1. The Kier molecular flexibility index (Phi) is 4.78. The van der Waals surface area contributed by atoms with E-state index in [1.54, 1.807) is 42.5 Å². The molecule has 3 aliphatic heterocycles. The Labute approximate surface area is 158 Å². The molecule has 5 rings (SSSR count). The molecule has 3 fully saturated rings. The van der Waals surface area contributed by atoms with Gasteiger partial charge in [-0.1, -0.05) is 6.07 Å². The van der Waals surface area contributed by atoms with Crippen LogP contribution in [0.3, 0.4) is 0 Å². The molecule has 0 spiro atoms. The van der Waals surface area contributed by atoms with Crippen molar-refractivity contribution in [3.05, 3.63) is 53.7 Å². The monoisotopic (exact) mass is 362 g/mol. The molecule has 3 aliphatic rings. The Morgan fingerprint density at radius 1 is 1.22 bits per heavy atom. The van der Waals surface area contributed by atoms with E-state index in [1.807, 2.05) is 6.07 Å². The second-order valence-electron chi connectivity index (χ2n) is 7.21. The molecule has 27 heavy (non-hydrogen) atoms. The lowest BCUT2D eigenvalue weighted by atomic mass is 9.79. The van der Waals surface area contributed by atoms with E-state index < -0.39 is 0 Å². The van der Waals surface area contributed by atoms with Crippen molar-refractivity contribution < 1.29 is 9.53 Å². The Hall–Kier alpha value is -2.91.